The number of ether oxygens (including phenoxy) is 2. The standard InChI is InChI=1S/C18H29N3O2.HI/c1-6-13(3)21-17(19-7-2)20-11-18(4,5)14-8-9-15-16(10-14)23-12-22-15;/h8-10,13H,6-7,11-12H2,1-5H3,(H2,19,20,21);1H. The Morgan fingerprint density at radius 2 is 1.96 bits per heavy atom. The summed E-state index contributed by atoms with van der Waals surface area (Å²) in [7, 11) is 0. The minimum Gasteiger partial charge on any atom is -0.454 e. The van der Waals surface area contributed by atoms with Gasteiger partial charge in [-0.2, -0.15) is 0 Å². The molecule has 1 aromatic carbocycles. The lowest BCUT2D eigenvalue weighted by Gasteiger charge is -2.25. The molecule has 1 atom stereocenters. The van der Waals surface area contributed by atoms with Crippen molar-refractivity contribution in [3.05, 3.63) is 23.8 Å². The van der Waals surface area contributed by atoms with E-state index in [0.717, 1.165) is 30.4 Å². The van der Waals surface area contributed by atoms with Gasteiger partial charge in [0.15, 0.2) is 17.5 Å². The number of guanidine groups is 1. The number of benzene rings is 1. The van der Waals surface area contributed by atoms with E-state index >= 15 is 0 Å². The Balaban J connectivity index is 0.00000288. The van der Waals surface area contributed by atoms with Gasteiger partial charge in [0.25, 0.3) is 0 Å². The molecule has 0 bridgehead atoms. The summed E-state index contributed by atoms with van der Waals surface area (Å²) >= 11 is 0. The fraction of sp³-hybridized carbons (Fsp3) is 0.611. The third kappa shape index (κ3) is 5.43. The summed E-state index contributed by atoms with van der Waals surface area (Å²) in [4.78, 5) is 4.77. The largest absolute Gasteiger partial charge is 0.454 e. The maximum absolute atomic E-state index is 5.48. The third-order valence-corrected chi connectivity index (χ3v) is 4.13. The van der Waals surface area contributed by atoms with Crippen LogP contribution in [0.25, 0.3) is 0 Å². The summed E-state index contributed by atoms with van der Waals surface area (Å²) in [6.45, 7) is 12.7. The molecule has 1 aliphatic heterocycles. The Labute approximate surface area is 162 Å². The molecule has 0 saturated heterocycles. The summed E-state index contributed by atoms with van der Waals surface area (Å²) in [6.07, 6.45) is 1.07. The molecule has 2 N–H and O–H groups in total. The summed E-state index contributed by atoms with van der Waals surface area (Å²) < 4.78 is 10.9. The van der Waals surface area contributed by atoms with Gasteiger partial charge in [-0.1, -0.05) is 26.8 Å². The van der Waals surface area contributed by atoms with Gasteiger partial charge in [-0.15, -0.1) is 24.0 Å². The predicted octanol–water partition coefficient (Wildman–Crippen LogP) is 3.66. The highest BCUT2D eigenvalue weighted by atomic mass is 127. The molecule has 24 heavy (non-hydrogen) atoms. The van der Waals surface area contributed by atoms with Crippen molar-refractivity contribution in [1.29, 1.82) is 0 Å². The van der Waals surface area contributed by atoms with Gasteiger partial charge in [-0.3, -0.25) is 4.99 Å². The zero-order valence-electron chi connectivity index (χ0n) is 15.3. The van der Waals surface area contributed by atoms with E-state index in [-0.39, 0.29) is 29.4 Å². The number of aliphatic imine (C=N–C) groups is 1. The van der Waals surface area contributed by atoms with Gasteiger partial charge in [0.1, 0.15) is 0 Å². The summed E-state index contributed by atoms with van der Waals surface area (Å²) in [5.41, 5.74) is 1.11. The van der Waals surface area contributed by atoms with E-state index in [0.29, 0.717) is 19.4 Å². The van der Waals surface area contributed by atoms with Gasteiger partial charge < -0.3 is 20.1 Å². The van der Waals surface area contributed by atoms with Gasteiger partial charge in [-0.05, 0) is 38.0 Å². The molecule has 0 radical (unpaired) electrons. The van der Waals surface area contributed by atoms with Crippen molar-refractivity contribution < 1.29 is 9.47 Å². The van der Waals surface area contributed by atoms with Crippen LogP contribution < -0.4 is 20.1 Å². The van der Waals surface area contributed by atoms with Crippen LogP contribution in [0, 0.1) is 0 Å². The monoisotopic (exact) mass is 447 g/mol. The molecular weight excluding hydrogens is 417 g/mol. The van der Waals surface area contributed by atoms with Crippen molar-refractivity contribution in [1.82, 2.24) is 10.6 Å². The second kappa shape index (κ2) is 9.34. The SMILES string of the molecule is CCNC(=NCC(C)(C)c1ccc2c(c1)OCO2)NC(C)CC.I. The summed E-state index contributed by atoms with van der Waals surface area (Å²) in [5, 5.41) is 6.74. The fourth-order valence-corrected chi connectivity index (χ4v) is 2.34. The molecule has 1 aliphatic rings. The van der Waals surface area contributed by atoms with Crippen LogP contribution in [0.2, 0.25) is 0 Å². The molecule has 0 saturated carbocycles. The number of nitrogens with zero attached hydrogens (tertiary/aromatic N) is 1. The maximum atomic E-state index is 5.48. The second-order valence-corrected chi connectivity index (χ2v) is 6.60. The Kier molecular flexibility index (Phi) is 8.12. The van der Waals surface area contributed by atoms with E-state index in [9.17, 15) is 0 Å². The molecule has 5 nitrogen and oxygen atoms in total. The van der Waals surface area contributed by atoms with E-state index in [2.05, 4.69) is 57.4 Å². The van der Waals surface area contributed by atoms with Crippen LogP contribution >= 0.6 is 24.0 Å². The highest BCUT2D eigenvalue weighted by molar-refractivity contribution is 14.0. The summed E-state index contributed by atoms with van der Waals surface area (Å²) in [6, 6.07) is 6.54. The van der Waals surface area contributed by atoms with E-state index in [1.54, 1.807) is 0 Å². The van der Waals surface area contributed by atoms with Crippen LogP contribution in [0.3, 0.4) is 0 Å². The molecule has 0 aromatic heterocycles. The second-order valence-electron chi connectivity index (χ2n) is 6.60. The normalized spacial score (nSPS) is 14.8. The highest BCUT2D eigenvalue weighted by Gasteiger charge is 2.24. The molecule has 1 heterocycles. The molecule has 2 rings (SSSR count). The van der Waals surface area contributed by atoms with Crippen molar-refractivity contribution in [2.75, 3.05) is 19.9 Å². The van der Waals surface area contributed by atoms with Crippen LogP contribution in [0.5, 0.6) is 11.5 Å². The minimum atomic E-state index is -0.0845. The number of hydrogen-bond donors (Lipinski definition) is 2. The number of halogens is 1. The predicted molar refractivity (Wildman–Crippen MR) is 110 cm³/mol. The number of hydrogen-bond acceptors (Lipinski definition) is 3. The quantitative estimate of drug-likeness (QED) is 0.397. The first-order valence-electron chi connectivity index (χ1n) is 8.41. The van der Waals surface area contributed by atoms with Crippen LogP contribution in [0.4, 0.5) is 0 Å². The zero-order valence-corrected chi connectivity index (χ0v) is 17.6. The molecule has 136 valence electrons. The van der Waals surface area contributed by atoms with Gasteiger partial charge >= 0.3 is 0 Å². The molecule has 0 amide bonds. The molecule has 0 spiro atoms. The molecule has 1 unspecified atom stereocenters. The first kappa shape index (κ1) is 20.9. The van der Waals surface area contributed by atoms with Crippen LogP contribution in [-0.4, -0.2) is 31.9 Å². The lowest BCUT2D eigenvalue weighted by Crippen LogP contribution is -2.42. The maximum Gasteiger partial charge on any atom is 0.231 e. The Bertz CT molecular complexity index is 561. The van der Waals surface area contributed by atoms with Gasteiger partial charge in [0.05, 0.1) is 6.54 Å². The Hall–Kier alpha value is -1.18. The van der Waals surface area contributed by atoms with E-state index < -0.39 is 0 Å². The lowest BCUT2D eigenvalue weighted by atomic mass is 9.84. The number of nitrogens with one attached hydrogen (secondary N) is 2. The first-order chi connectivity index (χ1) is 11.0. The first-order valence-corrected chi connectivity index (χ1v) is 8.41. The highest BCUT2D eigenvalue weighted by Crippen LogP contribution is 2.36. The van der Waals surface area contributed by atoms with E-state index in [1.807, 2.05) is 6.07 Å². The summed E-state index contributed by atoms with van der Waals surface area (Å²) in [5.74, 6) is 2.51. The average molecular weight is 447 g/mol. The topological polar surface area (TPSA) is 54.9 Å². The van der Waals surface area contributed by atoms with Crippen LogP contribution in [-0.2, 0) is 5.41 Å². The fourth-order valence-electron chi connectivity index (χ4n) is 2.34. The Morgan fingerprint density at radius 1 is 1.25 bits per heavy atom. The zero-order chi connectivity index (χ0) is 16.9. The van der Waals surface area contributed by atoms with E-state index in [4.69, 9.17) is 14.5 Å². The van der Waals surface area contributed by atoms with Crippen molar-refractivity contribution in [3.8, 4) is 11.5 Å². The third-order valence-electron chi connectivity index (χ3n) is 4.13. The van der Waals surface area contributed by atoms with Crippen molar-refractivity contribution >= 4 is 29.9 Å². The smallest absolute Gasteiger partial charge is 0.231 e. The molecule has 6 heteroatoms. The molecule has 0 aliphatic carbocycles. The van der Waals surface area contributed by atoms with Gasteiger partial charge in [0, 0.05) is 18.0 Å². The van der Waals surface area contributed by atoms with E-state index in [1.165, 1.54) is 5.56 Å². The van der Waals surface area contributed by atoms with Gasteiger partial charge in [0.2, 0.25) is 6.79 Å². The van der Waals surface area contributed by atoms with Crippen molar-refractivity contribution in [2.45, 2.75) is 52.5 Å². The van der Waals surface area contributed by atoms with Crippen LogP contribution in [0.15, 0.2) is 23.2 Å². The van der Waals surface area contributed by atoms with Gasteiger partial charge in [-0.25, -0.2) is 0 Å². The van der Waals surface area contributed by atoms with Crippen molar-refractivity contribution in [3.63, 3.8) is 0 Å². The average Bonchev–Trinajstić information content (AvgIpc) is 3.00. The Morgan fingerprint density at radius 3 is 2.62 bits per heavy atom. The number of rotatable bonds is 6. The van der Waals surface area contributed by atoms with Crippen molar-refractivity contribution in [2.24, 2.45) is 4.99 Å². The molecular formula is C18H30IN3O2. The molecule has 0 fully saturated rings. The molecule has 1 aromatic rings. The number of fused-ring (bicyclic) bond motifs is 1. The van der Waals surface area contributed by atoms with Crippen LogP contribution in [0.1, 0.15) is 46.6 Å². The lowest BCUT2D eigenvalue weighted by molar-refractivity contribution is 0.174. The minimum absolute atomic E-state index is 0.